The lowest BCUT2D eigenvalue weighted by Gasteiger charge is -2.05. The number of hydrazine groups is 1. The Kier molecular flexibility index (Phi) is 4.22. The van der Waals surface area contributed by atoms with Crippen LogP contribution in [0.25, 0.3) is 0 Å². The minimum atomic E-state index is -0.430. The molecule has 0 saturated carbocycles. The topological polar surface area (TPSA) is 109 Å². The summed E-state index contributed by atoms with van der Waals surface area (Å²) < 4.78 is 0. The minimum Gasteiger partial charge on any atom is -0.358 e. The standard InChI is InChI=1S/C9H13N5O2/c1-11-8(15)5-12-9(16)6-3-2-4-7(13-6)14-10/h2-4H,5,10H2,1H3,(H,11,15)(H,12,16)(H,13,14). The number of hydrogen-bond acceptors (Lipinski definition) is 5. The third kappa shape index (κ3) is 3.21. The zero-order valence-corrected chi connectivity index (χ0v) is 8.78. The van der Waals surface area contributed by atoms with Crippen molar-refractivity contribution < 1.29 is 9.59 Å². The number of likely N-dealkylation sites (N-methyl/N-ethyl adjacent to an activating group) is 1. The van der Waals surface area contributed by atoms with Crippen molar-refractivity contribution in [3.8, 4) is 0 Å². The van der Waals surface area contributed by atoms with Gasteiger partial charge < -0.3 is 16.1 Å². The van der Waals surface area contributed by atoms with Crippen LogP contribution < -0.4 is 21.9 Å². The summed E-state index contributed by atoms with van der Waals surface area (Å²) in [5.41, 5.74) is 2.52. The first-order valence-corrected chi connectivity index (χ1v) is 4.60. The molecule has 0 atom stereocenters. The average molecular weight is 223 g/mol. The highest BCUT2D eigenvalue weighted by atomic mass is 16.2. The SMILES string of the molecule is CNC(=O)CNC(=O)c1cccc(NN)n1. The van der Waals surface area contributed by atoms with Gasteiger partial charge in [-0.25, -0.2) is 10.8 Å². The summed E-state index contributed by atoms with van der Waals surface area (Å²) >= 11 is 0. The summed E-state index contributed by atoms with van der Waals surface area (Å²) in [6.45, 7) is -0.0860. The quantitative estimate of drug-likeness (QED) is 0.380. The van der Waals surface area contributed by atoms with Gasteiger partial charge in [0.2, 0.25) is 5.91 Å². The van der Waals surface area contributed by atoms with Gasteiger partial charge in [-0.05, 0) is 12.1 Å². The Morgan fingerprint density at radius 2 is 2.19 bits per heavy atom. The fourth-order valence-electron chi connectivity index (χ4n) is 0.981. The van der Waals surface area contributed by atoms with Gasteiger partial charge in [0.15, 0.2) is 0 Å². The fraction of sp³-hybridized carbons (Fsp3) is 0.222. The molecule has 86 valence electrons. The lowest BCUT2D eigenvalue weighted by Crippen LogP contribution is -2.35. The van der Waals surface area contributed by atoms with Crippen LogP contribution in [0, 0.1) is 0 Å². The minimum absolute atomic E-state index is 0.0860. The number of rotatable bonds is 4. The van der Waals surface area contributed by atoms with E-state index >= 15 is 0 Å². The maximum absolute atomic E-state index is 11.5. The van der Waals surface area contributed by atoms with Crippen LogP contribution in [0.5, 0.6) is 0 Å². The molecule has 0 aliphatic rings. The van der Waals surface area contributed by atoms with Gasteiger partial charge in [-0.3, -0.25) is 9.59 Å². The van der Waals surface area contributed by atoms with Crippen LogP contribution in [-0.4, -0.2) is 30.4 Å². The normalized spacial score (nSPS) is 9.38. The first-order chi connectivity index (χ1) is 7.67. The van der Waals surface area contributed by atoms with Crippen LogP contribution in [-0.2, 0) is 4.79 Å². The lowest BCUT2D eigenvalue weighted by atomic mass is 10.3. The Morgan fingerprint density at radius 3 is 2.81 bits per heavy atom. The molecule has 1 heterocycles. The highest BCUT2D eigenvalue weighted by Gasteiger charge is 2.08. The number of pyridine rings is 1. The largest absolute Gasteiger partial charge is 0.358 e. The molecule has 7 nitrogen and oxygen atoms in total. The van der Waals surface area contributed by atoms with Gasteiger partial charge in [0, 0.05) is 7.05 Å². The van der Waals surface area contributed by atoms with Crippen LogP contribution in [0.2, 0.25) is 0 Å². The van der Waals surface area contributed by atoms with Crippen molar-refractivity contribution >= 4 is 17.6 Å². The zero-order valence-electron chi connectivity index (χ0n) is 8.78. The number of amides is 2. The Bertz CT molecular complexity index is 393. The number of carbonyl (C=O) groups excluding carboxylic acids is 2. The van der Waals surface area contributed by atoms with E-state index < -0.39 is 5.91 Å². The second-order valence-corrected chi connectivity index (χ2v) is 2.91. The maximum Gasteiger partial charge on any atom is 0.270 e. The van der Waals surface area contributed by atoms with E-state index in [1.807, 2.05) is 0 Å². The number of aromatic nitrogens is 1. The summed E-state index contributed by atoms with van der Waals surface area (Å²) in [6, 6.07) is 4.78. The number of anilines is 1. The van der Waals surface area contributed by atoms with Gasteiger partial charge in [-0.2, -0.15) is 0 Å². The number of nitrogens with two attached hydrogens (primary N) is 1. The van der Waals surface area contributed by atoms with E-state index in [2.05, 4.69) is 21.0 Å². The van der Waals surface area contributed by atoms with Gasteiger partial charge in [0.05, 0.1) is 6.54 Å². The number of nitrogens with one attached hydrogen (secondary N) is 3. The van der Waals surface area contributed by atoms with Crippen molar-refractivity contribution in [2.75, 3.05) is 19.0 Å². The molecule has 0 unspecified atom stereocenters. The summed E-state index contributed by atoms with van der Waals surface area (Å²) in [5.74, 6) is 4.83. The van der Waals surface area contributed by atoms with E-state index in [9.17, 15) is 9.59 Å². The third-order valence-corrected chi connectivity index (χ3v) is 1.82. The van der Waals surface area contributed by atoms with Gasteiger partial charge >= 0.3 is 0 Å². The number of nitrogen functional groups attached to an aromatic ring is 1. The molecule has 2 amide bonds. The highest BCUT2D eigenvalue weighted by molar-refractivity contribution is 5.95. The van der Waals surface area contributed by atoms with Crippen molar-refractivity contribution in [2.24, 2.45) is 5.84 Å². The first-order valence-electron chi connectivity index (χ1n) is 4.60. The lowest BCUT2D eigenvalue weighted by molar-refractivity contribution is -0.119. The smallest absolute Gasteiger partial charge is 0.270 e. The molecule has 5 N–H and O–H groups in total. The van der Waals surface area contributed by atoms with Crippen LogP contribution in [0.4, 0.5) is 5.82 Å². The molecule has 0 bridgehead atoms. The molecule has 7 heteroatoms. The van der Waals surface area contributed by atoms with Crippen LogP contribution in [0.3, 0.4) is 0 Å². The molecule has 0 spiro atoms. The molecule has 0 aromatic carbocycles. The monoisotopic (exact) mass is 223 g/mol. The molecular formula is C9H13N5O2. The predicted octanol–water partition coefficient (Wildman–Crippen LogP) is -1.16. The second-order valence-electron chi connectivity index (χ2n) is 2.91. The van der Waals surface area contributed by atoms with Gasteiger partial charge in [0.25, 0.3) is 5.91 Å². The second kappa shape index (κ2) is 5.66. The van der Waals surface area contributed by atoms with Crippen LogP contribution >= 0.6 is 0 Å². The van der Waals surface area contributed by atoms with Gasteiger partial charge in [-0.15, -0.1) is 0 Å². The van der Waals surface area contributed by atoms with Gasteiger partial charge in [-0.1, -0.05) is 6.07 Å². The molecular weight excluding hydrogens is 210 g/mol. The van der Waals surface area contributed by atoms with Crippen molar-refractivity contribution in [3.63, 3.8) is 0 Å². The van der Waals surface area contributed by atoms with Crippen molar-refractivity contribution in [1.29, 1.82) is 0 Å². The van der Waals surface area contributed by atoms with E-state index in [-0.39, 0.29) is 18.1 Å². The van der Waals surface area contributed by atoms with Crippen molar-refractivity contribution in [3.05, 3.63) is 23.9 Å². The molecule has 16 heavy (non-hydrogen) atoms. The Balaban J connectivity index is 2.62. The molecule has 1 rings (SSSR count). The van der Waals surface area contributed by atoms with Gasteiger partial charge in [0.1, 0.15) is 11.5 Å². The van der Waals surface area contributed by atoms with E-state index in [1.54, 1.807) is 12.1 Å². The third-order valence-electron chi connectivity index (χ3n) is 1.82. The Labute approximate surface area is 92.4 Å². The number of nitrogens with zero attached hydrogens (tertiary/aromatic N) is 1. The van der Waals surface area contributed by atoms with Crippen molar-refractivity contribution in [1.82, 2.24) is 15.6 Å². The fourth-order valence-corrected chi connectivity index (χ4v) is 0.981. The molecule has 0 saturated heterocycles. The van der Waals surface area contributed by atoms with E-state index in [0.717, 1.165) is 0 Å². The van der Waals surface area contributed by atoms with Crippen LogP contribution in [0.1, 0.15) is 10.5 Å². The van der Waals surface area contributed by atoms with Crippen LogP contribution in [0.15, 0.2) is 18.2 Å². The summed E-state index contributed by atoms with van der Waals surface area (Å²) in [5, 5.41) is 4.81. The molecule has 0 aliphatic heterocycles. The molecule has 1 aromatic heterocycles. The summed E-state index contributed by atoms with van der Waals surface area (Å²) in [6.07, 6.45) is 0. The zero-order chi connectivity index (χ0) is 12.0. The number of carbonyl (C=O) groups is 2. The summed E-state index contributed by atoms with van der Waals surface area (Å²) in [4.78, 5) is 26.3. The predicted molar refractivity (Wildman–Crippen MR) is 58.4 cm³/mol. The van der Waals surface area contributed by atoms with E-state index in [1.165, 1.54) is 13.1 Å². The molecule has 0 aliphatic carbocycles. The maximum atomic E-state index is 11.5. The van der Waals surface area contributed by atoms with E-state index in [0.29, 0.717) is 5.82 Å². The van der Waals surface area contributed by atoms with E-state index in [4.69, 9.17) is 5.84 Å². The first kappa shape index (κ1) is 11.9. The number of hydrogen-bond donors (Lipinski definition) is 4. The highest BCUT2D eigenvalue weighted by Crippen LogP contribution is 2.02. The summed E-state index contributed by atoms with van der Waals surface area (Å²) in [7, 11) is 1.49. The Morgan fingerprint density at radius 1 is 1.44 bits per heavy atom. The van der Waals surface area contributed by atoms with Crippen molar-refractivity contribution in [2.45, 2.75) is 0 Å². The molecule has 0 fully saturated rings. The molecule has 0 radical (unpaired) electrons. The Hall–Kier alpha value is -2.15. The molecule has 1 aromatic rings. The average Bonchev–Trinajstić information content (AvgIpc) is 2.35.